The predicted molar refractivity (Wildman–Crippen MR) is 116 cm³/mol. The minimum Gasteiger partial charge on any atom is -0.356 e. The van der Waals surface area contributed by atoms with Gasteiger partial charge < -0.3 is 10.6 Å². The number of fused-ring (bicyclic) bond motifs is 1. The van der Waals surface area contributed by atoms with Gasteiger partial charge in [-0.25, -0.2) is 0 Å². The molecule has 0 aliphatic heterocycles. The Labute approximate surface area is 165 Å². The van der Waals surface area contributed by atoms with Crippen molar-refractivity contribution in [3.8, 4) is 0 Å². The maximum Gasteiger partial charge on any atom is 0.191 e. The van der Waals surface area contributed by atoms with Gasteiger partial charge in [-0.15, -0.1) is 24.0 Å². The predicted octanol–water partition coefficient (Wildman–Crippen LogP) is 3.76. The summed E-state index contributed by atoms with van der Waals surface area (Å²) >= 11 is 0. The molecule has 0 radical (unpaired) electrons. The molecule has 0 aliphatic rings. The maximum absolute atomic E-state index is 4.33. The van der Waals surface area contributed by atoms with E-state index in [1.165, 1.54) is 16.3 Å². The summed E-state index contributed by atoms with van der Waals surface area (Å²) in [4.78, 5) is 8.62. The van der Waals surface area contributed by atoms with Gasteiger partial charge in [-0.1, -0.05) is 48.5 Å². The van der Waals surface area contributed by atoms with Gasteiger partial charge in [0.05, 0.1) is 0 Å². The zero-order chi connectivity index (χ0) is 16.6. The molecule has 0 amide bonds. The number of hydrogen-bond acceptors (Lipinski definition) is 2. The summed E-state index contributed by atoms with van der Waals surface area (Å²) < 4.78 is 0. The number of aliphatic imine (C=N–C) groups is 1. The molecule has 25 heavy (non-hydrogen) atoms. The lowest BCUT2D eigenvalue weighted by atomic mass is 10.0. The highest BCUT2D eigenvalue weighted by Crippen LogP contribution is 2.18. The van der Waals surface area contributed by atoms with Crippen LogP contribution in [0.25, 0.3) is 10.8 Å². The van der Waals surface area contributed by atoms with Crippen LogP contribution in [0.1, 0.15) is 11.3 Å². The highest BCUT2D eigenvalue weighted by molar-refractivity contribution is 14.0. The quantitative estimate of drug-likeness (QED) is 0.357. The minimum atomic E-state index is 0. The lowest BCUT2D eigenvalue weighted by molar-refractivity contribution is 0.786. The largest absolute Gasteiger partial charge is 0.356 e. The molecular weight excluding hydrogens is 423 g/mol. The van der Waals surface area contributed by atoms with Gasteiger partial charge in [-0.05, 0) is 28.5 Å². The summed E-state index contributed by atoms with van der Waals surface area (Å²) in [6, 6.07) is 20.8. The van der Waals surface area contributed by atoms with Crippen molar-refractivity contribution in [1.29, 1.82) is 0 Å². The number of guanidine groups is 1. The van der Waals surface area contributed by atoms with Crippen molar-refractivity contribution < 1.29 is 0 Å². The Morgan fingerprint density at radius 1 is 0.960 bits per heavy atom. The zero-order valence-electron chi connectivity index (χ0n) is 14.3. The maximum atomic E-state index is 4.33. The molecule has 5 heteroatoms. The van der Waals surface area contributed by atoms with Crippen molar-refractivity contribution in [2.45, 2.75) is 13.0 Å². The summed E-state index contributed by atoms with van der Waals surface area (Å²) in [7, 11) is 1.79. The normalized spacial score (nSPS) is 11.0. The van der Waals surface area contributed by atoms with Gasteiger partial charge in [0, 0.05) is 38.4 Å². The molecule has 0 unspecified atom stereocenters. The number of aromatic nitrogens is 1. The second-order valence-corrected chi connectivity index (χ2v) is 5.56. The molecule has 2 N–H and O–H groups in total. The fourth-order valence-corrected chi connectivity index (χ4v) is 2.70. The molecule has 3 rings (SSSR count). The average molecular weight is 446 g/mol. The second-order valence-electron chi connectivity index (χ2n) is 5.56. The SMILES string of the molecule is CN=C(NCCc1ccccn1)NCc1cccc2ccccc12.I. The molecule has 1 heterocycles. The Balaban J connectivity index is 0.00000225. The summed E-state index contributed by atoms with van der Waals surface area (Å²) in [6.45, 7) is 1.54. The lowest BCUT2D eigenvalue weighted by Crippen LogP contribution is -2.37. The Morgan fingerprint density at radius 3 is 2.56 bits per heavy atom. The number of hydrogen-bond donors (Lipinski definition) is 2. The van der Waals surface area contributed by atoms with E-state index in [1.807, 2.05) is 24.4 Å². The van der Waals surface area contributed by atoms with Crippen LogP contribution in [-0.2, 0) is 13.0 Å². The van der Waals surface area contributed by atoms with Gasteiger partial charge in [0.15, 0.2) is 5.96 Å². The van der Waals surface area contributed by atoms with E-state index in [1.54, 1.807) is 7.05 Å². The molecule has 0 saturated carbocycles. The topological polar surface area (TPSA) is 49.3 Å². The molecule has 0 aliphatic carbocycles. The fourth-order valence-electron chi connectivity index (χ4n) is 2.70. The van der Waals surface area contributed by atoms with E-state index in [4.69, 9.17) is 0 Å². The third-order valence-corrected chi connectivity index (χ3v) is 3.95. The van der Waals surface area contributed by atoms with E-state index in [9.17, 15) is 0 Å². The van der Waals surface area contributed by atoms with E-state index in [0.717, 1.165) is 31.2 Å². The number of benzene rings is 2. The number of halogens is 1. The van der Waals surface area contributed by atoms with Crippen molar-refractivity contribution in [3.63, 3.8) is 0 Å². The Bertz CT molecular complexity index is 813. The second kappa shape index (κ2) is 9.98. The number of nitrogens with zero attached hydrogens (tertiary/aromatic N) is 2. The third-order valence-electron chi connectivity index (χ3n) is 3.95. The third kappa shape index (κ3) is 5.42. The highest BCUT2D eigenvalue weighted by Gasteiger charge is 2.02. The van der Waals surface area contributed by atoms with E-state index in [-0.39, 0.29) is 24.0 Å². The summed E-state index contributed by atoms with van der Waals surface area (Å²) in [6.07, 6.45) is 2.69. The van der Waals surface area contributed by atoms with Gasteiger partial charge in [0.1, 0.15) is 0 Å². The van der Waals surface area contributed by atoms with Crippen LogP contribution in [0, 0.1) is 0 Å². The average Bonchev–Trinajstić information content (AvgIpc) is 2.65. The molecule has 0 saturated heterocycles. The first-order chi connectivity index (χ1) is 11.9. The molecule has 0 bridgehead atoms. The van der Waals surface area contributed by atoms with Crippen LogP contribution in [0.2, 0.25) is 0 Å². The minimum absolute atomic E-state index is 0. The van der Waals surface area contributed by atoms with Gasteiger partial charge >= 0.3 is 0 Å². The molecule has 2 aromatic carbocycles. The smallest absolute Gasteiger partial charge is 0.191 e. The van der Waals surface area contributed by atoms with Gasteiger partial charge in [0.25, 0.3) is 0 Å². The van der Waals surface area contributed by atoms with Crippen LogP contribution in [0.5, 0.6) is 0 Å². The zero-order valence-corrected chi connectivity index (χ0v) is 16.6. The van der Waals surface area contributed by atoms with Crippen LogP contribution in [0.3, 0.4) is 0 Å². The molecule has 3 aromatic rings. The lowest BCUT2D eigenvalue weighted by Gasteiger charge is -2.13. The van der Waals surface area contributed by atoms with Crippen LogP contribution >= 0.6 is 24.0 Å². The van der Waals surface area contributed by atoms with Crippen LogP contribution in [0.4, 0.5) is 0 Å². The van der Waals surface area contributed by atoms with Crippen LogP contribution < -0.4 is 10.6 Å². The first-order valence-corrected chi connectivity index (χ1v) is 8.18. The van der Waals surface area contributed by atoms with E-state index in [2.05, 4.69) is 63.1 Å². The standard InChI is InChI=1S/C20H22N4.HI/c1-21-20(23-14-12-18-10-4-5-13-22-18)24-15-17-9-6-8-16-7-2-3-11-19(16)17;/h2-11,13H,12,14-15H2,1H3,(H2,21,23,24);1H. The fraction of sp³-hybridized carbons (Fsp3) is 0.200. The van der Waals surface area contributed by atoms with Crippen molar-refractivity contribution in [2.75, 3.05) is 13.6 Å². The Morgan fingerprint density at radius 2 is 1.76 bits per heavy atom. The van der Waals surface area contributed by atoms with Crippen LogP contribution in [-0.4, -0.2) is 24.5 Å². The van der Waals surface area contributed by atoms with Gasteiger partial charge in [0.2, 0.25) is 0 Å². The number of rotatable bonds is 5. The van der Waals surface area contributed by atoms with E-state index in [0.29, 0.717) is 0 Å². The van der Waals surface area contributed by atoms with Crippen molar-refractivity contribution in [2.24, 2.45) is 4.99 Å². The van der Waals surface area contributed by atoms with Crippen molar-refractivity contribution >= 4 is 40.7 Å². The van der Waals surface area contributed by atoms with Crippen molar-refractivity contribution in [1.82, 2.24) is 15.6 Å². The first-order valence-electron chi connectivity index (χ1n) is 8.18. The summed E-state index contributed by atoms with van der Waals surface area (Å²) in [5.41, 5.74) is 2.34. The summed E-state index contributed by atoms with van der Waals surface area (Å²) in [5.74, 6) is 0.805. The van der Waals surface area contributed by atoms with Gasteiger partial charge in [-0.3, -0.25) is 9.98 Å². The van der Waals surface area contributed by atoms with E-state index >= 15 is 0 Å². The molecular formula is C20H23IN4. The molecule has 1 aromatic heterocycles. The molecule has 0 spiro atoms. The number of nitrogens with one attached hydrogen (secondary N) is 2. The van der Waals surface area contributed by atoms with Crippen molar-refractivity contribution in [3.05, 3.63) is 78.1 Å². The Kier molecular flexibility index (Phi) is 7.66. The van der Waals surface area contributed by atoms with Gasteiger partial charge in [-0.2, -0.15) is 0 Å². The highest BCUT2D eigenvalue weighted by atomic mass is 127. The first kappa shape index (κ1) is 19.2. The molecule has 130 valence electrons. The molecule has 0 fully saturated rings. The van der Waals surface area contributed by atoms with Crippen LogP contribution in [0.15, 0.2) is 71.9 Å². The monoisotopic (exact) mass is 446 g/mol. The Hall–Kier alpha value is -2.15. The number of pyridine rings is 1. The molecule has 4 nitrogen and oxygen atoms in total. The van der Waals surface area contributed by atoms with E-state index < -0.39 is 0 Å². The summed E-state index contributed by atoms with van der Waals surface area (Å²) in [5, 5.41) is 9.25. The molecule has 0 atom stereocenters.